The molecule has 0 saturated heterocycles. The molecule has 2 aromatic rings. The fourth-order valence-corrected chi connectivity index (χ4v) is 3.71. The molecule has 20 heavy (non-hydrogen) atoms. The highest BCUT2D eigenvalue weighted by Crippen LogP contribution is 2.39. The van der Waals surface area contributed by atoms with E-state index in [2.05, 4.69) is 57.9 Å². The molecule has 1 saturated carbocycles. The van der Waals surface area contributed by atoms with Crippen molar-refractivity contribution in [1.82, 2.24) is 9.97 Å². The predicted octanol–water partition coefficient (Wildman–Crippen LogP) is 5.03. The van der Waals surface area contributed by atoms with Gasteiger partial charge in [-0.05, 0) is 48.2 Å². The van der Waals surface area contributed by atoms with Crippen LogP contribution in [0.1, 0.15) is 41.3 Å². The van der Waals surface area contributed by atoms with Gasteiger partial charge in [-0.2, -0.15) is 0 Å². The second kappa shape index (κ2) is 5.86. The van der Waals surface area contributed by atoms with Gasteiger partial charge in [0.2, 0.25) is 0 Å². The Bertz CT molecular complexity index is 618. The summed E-state index contributed by atoms with van der Waals surface area (Å²) in [5, 5.41) is 1.06. The summed E-state index contributed by atoms with van der Waals surface area (Å²) in [6.45, 7) is 4.29. The molecule has 1 aromatic heterocycles. The zero-order valence-corrected chi connectivity index (χ0v) is 14.1. The van der Waals surface area contributed by atoms with E-state index in [9.17, 15) is 0 Å². The van der Waals surface area contributed by atoms with E-state index in [1.165, 1.54) is 29.5 Å². The van der Waals surface area contributed by atoms with Crippen LogP contribution in [-0.4, -0.2) is 9.97 Å². The van der Waals surface area contributed by atoms with E-state index in [1.807, 2.05) is 6.07 Å². The molecular formula is C16H17BrN2S. The monoisotopic (exact) mass is 348 g/mol. The Hall–Kier alpha value is -0.870. The zero-order chi connectivity index (χ0) is 14.1. The van der Waals surface area contributed by atoms with Gasteiger partial charge in [-0.1, -0.05) is 29.3 Å². The SMILES string of the molecule is Cc1cc(C)cc(CSc2cc(Br)nc(C3CC3)n2)c1. The molecule has 0 amide bonds. The highest BCUT2D eigenvalue weighted by molar-refractivity contribution is 9.10. The fourth-order valence-electron chi connectivity index (χ4n) is 2.32. The van der Waals surface area contributed by atoms with Crippen molar-refractivity contribution in [2.24, 2.45) is 0 Å². The first-order valence-corrected chi connectivity index (χ1v) is 8.62. The first-order chi connectivity index (χ1) is 9.60. The quantitative estimate of drug-likeness (QED) is 0.572. The molecular weight excluding hydrogens is 332 g/mol. The number of benzene rings is 1. The van der Waals surface area contributed by atoms with Crippen LogP contribution >= 0.6 is 27.7 Å². The fraction of sp³-hybridized carbons (Fsp3) is 0.375. The Kier molecular flexibility index (Phi) is 4.13. The summed E-state index contributed by atoms with van der Waals surface area (Å²) in [5.74, 6) is 2.55. The third kappa shape index (κ3) is 3.61. The maximum atomic E-state index is 4.68. The first-order valence-electron chi connectivity index (χ1n) is 6.84. The van der Waals surface area contributed by atoms with Crippen LogP contribution in [0.3, 0.4) is 0 Å². The molecule has 1 fully saturated rings. The topological polar surface area (TPSA) is 25.8 Å². The normalized spacial score (nSPS) is 14.6. The van der Waals surface area contributed by atoms with Crippen LogP contribution in [-0.2, 0) is 5.75 Å². The summed E-state index contributed by atoms with van der Waals surface area (Å²) >= 11 is 5.28. The van der Waals surface area contributed by atoms with Gasteiger partial charge in [-0.15, -0.1) is 11.8 Å². The molecule has 0 unspecified atom stereocenters. The largest absolute Gasteiger partial charge is 0.226 e. The average molecular weight is 349 g/mol. The molecule has 3 rings (SSSR count). The van der Waals surface area contributed by atoms with E-state index in [0.717, 1.165) is 21.2 Å². The van der Waals surface area contributed by atoms with Crippen molar-refractivity contribution in [2.45, 2.75) is 43.4 Å². The lowest BCUT2D eigenvalue weighted by Crippen LogP contribution is -1.95. The molecule has 0 atom stereocenters. The number of thioether (sulfide) groups is 1. The van der Waals surface area contributed by atoms with Crippen molar-refractivity contribution in [3.8, 4) is 0 Å². The lowest BCUT2D eigenvalue weighted by atomic mass is 10.1. The van der Waals surface area contributed by atoms with Crippen molar-refractivity contribution in [1.29, 1.82) is 0 Å². The number of nitrogens with zero attached hydrogens (tertiary/aromatic N) is 2. The third-order valence-corrected chi connectivity index (χ3v) is 4.69. The highest BCUT2D eigenvalue weighted by Gasteiger charge is 2.27. The van der Waals surface area contributed by atoms with Crippen LogP contribution in [0.2, 0.25) is 0 Å². The van der Waals surface area contributed by atoms with Crippen molar-refractivity contribution in [3.05, 3.63) is 51.4 Å². The van der Waals surface area contributed by atoms with Gasteiger partial charge in [0.15, 0.2) is 0 Å². The molecule has 1 aliphatic rings. The van der Waals surface area contributed by atoms with E-state index in [1.54, 1.807) is 11.8 Å². The van der Waals surface area contributed by atoms with Gasteiger partial charge < -0.3 is 0 Å². The summed E-state index contributed by atoms with van der Waals surface area (Å²) in [6.07, 6.45) is 2.47. The van der Waals surface area contributed by atoms with Gasteiger partial charge in [-0.25, -0.2) is 9.97 Å². The molecule has 4 heteroatoms. The van der Waals surface area contributed by atoms with Crippen LogP contribution in [0, 0.1) is 13.8 Å². The average Bonchev–Trinajstić information content (AvgIpc) is 3.19. The Morgan fingerprint density at radius 1 is 1.10 bits per heavy atom. The molecule has 1 aromatic carbocycles. The lowest BCUT2D eigenvalue weighted by Gasteiger charge is -2.06. The van der Waals surface area contributed by atoms with Crippen molar-refractivity contribution in [2.75, 3.05) is 0 Å². The minimum Gasteiger partial charge on any atom is -0.226 e. The molecule has 1 aliphatic carbocycles. The third-order valence-electron chi connectivity index (χ3n) is 3.30. The highest BCUT2D eigenvalue weighted by atomic mass is 79.9. The Labute approximate surface area is 132 Å². The number of hydrogen-bond donors (Lipinski definition) is 0. The summed E-state index contributed by atoms with van der Waals surface area (Å²) in [4.78, 5) is 9.15. The Morgan fingerprint density at radius 2 is 1.80 bits per heavy atom. The number of hydrogen-bond acceptors (Lipinski definition) is 3. The van der Waals surface area contributed by atoms with E-state index < -0.39 is 0 Å². The van der Waals surface area contributed by atoms with Crippen LogP contribution in [0.15, 0.2) is 33.9 Å². The second-order valence-electron chi connectivity index (χ2n) is 5.45. The van der Waals surface area contributed by atoms with Crippen LogP contribution < -0.4 is 0 Å². The number of aryl methyl sites for hydroxylation is 2. The maximum Gasteiger partial charge on any atom is 0.134 e. The van der Waals surface area contributed by atoms with Crippen molar-refractivity contribution < 1.29 is 0 Å². The lowest BCUT2D eigenvalue weighted by molar-refractivity contribution is 0.866. The smallest absolute Gasteiger partial charge is 0.134 e. The predicted molar refractivity (Wildman–Crippen MR) is 87.2 cm³/mol. The molecule has 0 bridgehead atoms. The van der Waals surface area contributed by atoms with Gasteiger partial charge in [0.25, 0.3) is 0 Å². The molecule has 0 aliphatic heterocycles. The minimum atomic E-state index is 0.591. The van der Waals surface area contributed by atoms with E-state index in [-0.39, 0.29) is 0 Å². The van der Waals surface area contributed by atoms with Gasteiger partial charge in [0.05, 0.1) is 0 Å². The number of halogens is 1. The van der Waals surface area contributed by atoms with Gasteiger partial charge in [0, 0.05) is 17.7 Å². The standard InChI is InChI=1S/C16H17BrN2S/c1-10-5-11(2)7-12(6-10)9-20-15-8-14(17)18-16(19-15)13-3-4-13/h5-8,13H,3-4,9H2,1-2H3. The van der Waals surface area contributed by atoms with E-state index in [0.29, 0.717) is 5.92 Å². The number of aromatic nitrogens is 2. The molecule has 0 radical (unpaired) electrons. The van der Waals surface area contributed by atoms with Gasteiger partial charge in [0.1, 0.15) is 15.5 Å². The van der Waals surface area contributed by atoms with E-state index >= 15 is 0 Å². The zero-order valence-electron chi connectivity index (χ0n) is 11.7. The van der Waals surface area contributed by atoms with Crippen LogP contribution in [0.5, 0.6) is 0 Å². The second-order valence-corrected chi connectivity index (χ2v) is 7.25. The Balaban J connectivity index is 1.74. The number of rotatable bonds is 4. The molecule has 2 nitrogen and oxygen atoms in total. The van der Waals surface area contributed by atoms with Crippen molar-refractivity contribution in [3.63, 3.8) is 0 Å². The van der Waals surface area contributed by atoms with E-state index in [4.69, 9.17) is 0 Å². The molecule has 0 N–H and O–H groups in total. The Morgan fingerprint density at radius 3 is 2.45 bits per heavy atom. The van der Waals surface area contributed by atoms with Gasteiger partial charge >= 0.3 is 0 Å². The van der Waals surface area contributed by atoms with Gasteiger partial charge in [-0.3, -0.25) is 0 Å². The molecule has 104 valence electrons. The molecule has 1 heterocycles. The summed E-state index contributed by atoms with van der Waals surface area (Å²) < 4.78 is 0.900. The summed E-state index contributed by atoms with van der Waals surface area (Å²) in [7, 11) is 0. The van der Waals surface area contributed by atoms with Crippen LogP contribution in [0.4, 0.5) is 0 Å². The maximum absolute atomic E-state index is 4.68. The molecule has 0 spiro atoms. The van der Waals surface area contributed by atoms with Crippen molar-refractivity contribution >= 4 is 27.7 Å². The summed E-state index contributed by atoms with van der Waals surface area (Å²) in [6, 6.07) is 8.72. The first kappa shape index (κ1) is 14.1. The van der Waals surface area contributed by atoms with Crippen LogP contribution in [0.25, 0.3) is 0 Å². The minimum absolute atomic E-state index is 0.591. The summed E-state index contributed by atoms with van der Waals surface area (Å²) in [5.41, 5.74) is 4.00.